The highest BCUT2D eigenvalue weighted by Crippen LogP contribution is 2.76. The van der Waals surface area contributed by atoms with E-state index in [-0.39, 0.29) is 6.10 Å². The van der Waals surface area contributed by atoms with E-state index >= 15 is 0 Å². The molecule has 1 nitrogen and oxygen atoms in total. The van der Waals surface area contributed by atoms with E-state index in [1.165, 1.54) is 96.3 Å². The molecule has 1 atom stereocenters. The highest BCUT2D eigenvalue weighted by molar-refractivity contribution is 8.02. The molecule has 0 amide bonds. The minimum Gasteiger partial charge on any atom is -0.397 e. The third-order valence-electron chi connectivity index (χ3n) is 7.38. The van der Waals surface area contributed by atoms with E-state index in [1.54, 1.807) is 0 Å². The number of rotatable bonds is 6. The smallest absolute Gasteiger partial charge is 0.0256 e. The second-order valence-corrected chi connectivity index (χ2v) is 13.4. The first-order valence-electron chi connectivity index (χ1n) is 11.1. The fourth-order valence-corrected chi connectivity index (χ4v) is 13.4. The molecule has 1 unspecified atom stereocenters. The Hall–Kier alpha value is 0.455. The first kappa shape index (κ1) is 19.2. The van der Waals surface area contributed by atoms with Crippen molar-refractivity contribution < 1.29 is 5.11 Å². The van der Waals surface area contributed by atoms with Crippen LogP contribution in [0.2, 0.25) is 6.32 Å². The van der Waals surface area contributed by atoms with Crippen molar-refractivity contribution in [2.45, 2.75) is 133 Å². The summed E-state index contributed by atoms with van der Waals surface area (Å²) in [5, 5.41) is 10.1. The van der Waals surface area contributed by atoms with Gasteiger partial charge in [0.25, 0.3) is 0 Å². The second kappa shape index (κ2) is 9.41. The molecule has 138 valence electrons. The van der Waals surface area contributed by atoms with E-state index in [0.29, 0.717) is 0 Å². The van der Waals surface area contributed by atoms with Crippen LogP contribution in [-0.4, -0.2) is 35.2 Å². The van der Waals surface area contributed by atoms with E-state index in [0.717, 1.165) is 23.3 Å². The van der Waals surface area contributed by atoms with E-state index in [9.17, 15) is 5.11 Å². The molecule has 0 aliphatic heterocycles. The highest BCUT2D eigenvalue weighted by atomic mass is 31.2. The number of hydrogen-bond acceptors (Lipinski definition) is 1. The van der Waals surface area contributed by atoms with Gasteiger partial charge in [0, 0.05) is 23.1 Å². The normalized spacial score (nSPS) is 27.2. The van der Waals surface area contributed by atoms with Crippen molar-refractivity contribution in [2.24, 2.45) is 0 Å². The topological polar surface area (TPSA) is 20.2 Å². The SMILES string of the molecule is CC(O)C[B-][P+](C1CCCCC1)(C1CCCCC1)C1CCCCC1. The summed E-state index contributed by atoms with van der Waals surface area (Å²) in [6, 6.07) is 0. The van der Waals surface area contributed by atoms with E-state index in [4.69, 9.17) is 0 Å². The molecule has 24 heavy (non-hydrogen) atoms. The Kier molecular flexibility index (Phi) is 7.54. The molecule has 0 aromatic carbocycles. The lowest BCUT2D eigenvalue weighted by molar-refractivity contribution is 0.216. The summed E-state index contributed by atoms with van der Waals surface area (Å²) < 4.78 is 0. The summed E-state index contributed by atoms with van der Waals surface area (Å²) >= 11 is 0. The van der Waals surface area contributed by atoms with Gasteiger partial charge in [0.1, 0.15) is 0 Å². The molecular formula is C21H40BOP. The van der Waals surface area contributed by atoms with Crippen molar-refractivity contribution in [3.05, 3.63) is 0 Å². The maximum atomic E-state index is 10.1. The maximum Gasteiger partial charge on any atom is 0.0256 e. The zero-order chi connectivity index (χ0) is 16.8. The van der Waals surface area contributed by atoms with Gasteiger partial charge in [-0.3, -0.25) is 0 Å². The lowest BCUT2D eigenvalue weighted by Crippen LogP contribution is -2.39. The minimum absolute atomic E-state index is 0.139. The van der Waals surface area contributed by atoms with Crippen molar-refractivity contribution in [3.63, 3.8) is 0 Å². The summed E-state index contributed by atoms with van der Waals surface area (Å²) in [6.07, 6.45) is 23.2. The van der Waals surface area contributed by atoms with Gasteiger partial charge in [-0.15, -0.1) is 0 Å². The van der Waals surface area contributed by atoms with Gasteiger partial charge in [0.05, 0.1) is 0 Å². The lowest BCUT2D eigenvalue weighted by Gasteiger charge is -2.58. The Morgan fingerprint density at radius 3 is 1.33 bits per heavy atom. The van der Waals surface area contributed by atoms with Gasteiger partial charge in [-0.25, -0.2) is 7.14 Å². The number of aliphatic hydroxyl groups is 1. The molecule has 0 saturated heterocycles. The summed E-state index contributed by atoms with van der Waals surface area (Å²) in [4.78, 5) is 0. The predicted molar refractivity (Wildman–Crippen MR) is 110 cm³/mol. The summed E-state index contributed by atoms with van der Waals surface area (Å²) in [5.74, 6) is 0. The molecule has 1 N–H and O–H groups in total. The Morgan fingerprint density at radius 2 is 1.04 bits per heavy atom. The largest absolute Gasteiger partial charge is 0.397 e. The molecule has 3 aliphatic carbocycles. The van der Waals surface area contributed by atoms with Crippen LogP contribution in [0.15, 0.2) is 0 Å². The van der Waals surface area contributed by atoms with Crippen molar-refractivity contribution in [3.8, 4) is 0 Å². The van der Waals surface area contributed by atoms with Gasteiger partial charge in [-0.2, -0.15) is 6.32 Å². The second-order valence-electron chi connectivity index (χ2n) is 9.04. The fourth-order valence-electron chi connectivity index (χ4n) is 6.26. The van der Waals surface area contributed by atoms with E-state index in [1.807, 2.05) is 6.92 Å². The minimum atomic E-state index is -1.06. The third-order valence-corrected chi connectivity index (χ3v) is 13.6. The quantitative estimate of drug-likeness (QED) is 0.433. The molecular weight excluding hydrogens is 310 g/mol. The fraction of sp³-hybridized carbons (Fsp3) is 1.00. The highest BCUT2D eigenvalue weighted by Gasteiger charge is 2.47. The van der Waals surface area contributed by atoms with E-state index < -0.39 is 7.14 Å². The van der Waals surface area contributed by atoms with Crippen molar-refractivity contribution in [1.82, 2.24) is 0 Å². The summed E-state index contributed by atoms with van der Waals surface area (Å²) in [5.41, 5.74) is 3.07. The van der Waals surface area contributed by atoms with Crippen molar-refractivity contribution in [2.75, 3.05) is 0 Å². The first-order chi connectivity index (χ1) is 11.7. The van der Waals surface area contributed by atoms with Gasteiger partial charge in [-0.1, -0.05) is 26.3 Å². The molecule has 0 aromatic heterocycles. The van der Waals surface area contributed by atoms with Gasteiger partial charge in [-0.05, 0) is 84.0 Å². The molecule has 0 spiro atoms. The summed E-state index contributed by atoms with van der Waals surface area (Å²) in [6.45, 7) is 4.83. The molecule has 0 aromatic rings. The van der Waals surface area contributed by atoms with Crippen LogP contribution in [0.25, 0.3) is 0 Å². The van der Waals surface area contributed by atoms with Crippen LogP contribution in [0.3, 0.4) is 0 Å². The standard InChI is InChI=1S/C21H40BOP/c1-18(23)17-22-24(19-11-5-2-6-12-19,20-13-7-3-8-14-20)21-15-9-4-10-16-21/h18-21,23H,2-17H2,1H3. The molecule has 0 heterocycles. The number of aliphatic hydroxyl groups excluding tert-OH is 1. The van der Waals surface area contributed by atoms with Crippen LogP contribution in [-0.2, 0) is 0 Å². The zero-order valence-electron chi connectivity index (χ0n) is 16.1. The average molecular weight is 350 g/mol. The van der Waals surface area contributed by atoms with Gasteiger partial charge >= 0.3 is 0 Å². The average Bonchev–Trinajstić information content (AvgIpc) is 2.65. The molecule has 0 bridgehead atoms. The first-order valence-corrected chi connectivity index (χ1v) is 13.2. The van der Waals surface area contributed by atoms with Crippen molar-refractivity contribution >= 4 is 14.1 Å². The molecule has 3 rings (SSSR count). The molecule has 2 radical (unpaired) electrons. The lowest BCUT2D eigenvalue weighted by atomic mass is 9.96. The van der Waals surface area contributed by atoms with E-state index in [2.05, 4.69) is 7.00 Å². The zero-order valence-corrected chi connectivity index (χ0v) is 17.0. The molecule has 3 fully saturated rings. The number of hydrogen-bond donors (Lipinski definition) is 1. The Labute approximate surface area is 152 Å². The monoisotopic (exact) mass is 350 g/mol. The van der Waals surface area contributed by atoms with Crippen molar-refractivity contribution in [1.29, 1.82) is 0 Å². The molecule has 3 saturated carbocycles. The Morgan fingerprint density at radius 1 is 0.708 bits per heavy atom. The predicted octanol–water partition coefficient (Wildman–Crippen LogP) is 6.42. The maximum absolute atomic E-state index is 10.1. The van der Waals surface area contributed by atoms with Gasteiger partial charge in [0.15, 0.2) is 0 Å². The third kappa shape index (κ3) is 4.40. The Bertz CT molecular complexity index is 309. The van der Waals surface area contributed by atoms with Gasteiger partial charge in [0.2, 0.25) is 0 Å². The van der Waals surface area contributed by atoms with Crippen LogP contribution >= 0.6 is 7.14 Å². The van der Waals surface area contributed by atoms with Crippen LogP contribution in [0.4, 0.5) is 0 Å². The molecule has 3 heteroatoms. The Balaban J connectivity index is 1.89. The van der Waals surface area contributed by atoms with Gasteiger partial charge < -0.3 is 5.11 Å². The molecule has 3 aliphatic rings. The van der Waals surface area contributed by atoms with Crippen LogP contribution in [0.5, 0.6) is 0 Å². The van der Waals surface area contributed by atoms with Crippen LogP contribution in [0, 0.1) is 0 Å². The van der Waals surface area contributed by atoms with Crippen LogP contribution in [0.1, 0.15) is 103 Å². The summed E-state index contributed by atoms with van der Waals surface area (Å²) in [7, 11) is -1.06. The van der Waals surface area contributed by atoms with Crippen LogP contribution < -0.4 is 0 Å².